The van der Waals surface area contributed by atoms with Crippen molar-refractivity contribution >= 4 is 39.7 Å². The van der Waals surface area contributed by atoms with Crippen molar-refractivity contribution in [1.29, 1.82) is 0 Å². The molecule has 0 aliphatic carbocycles. The first-order valence-electron chi connectivity index (χ1n) is 8.11. The third-order valence-electron chi connectivity index (χ3n) is 4.40. The van der Waals surface area contributed by atoms with Gasteiger partial charge in [0.15, 0.2) is 6.61 Å². The van der Waals surface area contributed by atoms with Crippen molar-refractivity contribution < 1.29 is 28.3 Å². The van der Waals surface area contributed by atoms with Gasteiger partial charge in [-0.2, -0.15) is 0 Å². The first kappa shape index (κ1) is 16.1. The topological polar surface area (TPSA) is 86.0 Å². The number of esters is 1. The SMILES string of the molecule is Cc1c(C(=O)OCC(=O)N2CCOC2=O)oc2c1ccc1ccccc12. The van der Waals surface area contributed by atoms with Crippen LogP contribution in [0.1, 0.15) is 16.1 Å². The van der Waals surface area contributed by atoms with E-state index in [1.165, 1.54) is 0 Å². The van der Waals surface area contributed by atoms with E-state index in [2.05, 4.69) is 4.74 Å². The van der Waals surface area contributed by atoms with Gasteiger partial charge >= 0.3 is 12.1 Å². The Balaban J connectivity index is 1.59. The van der Waals surface area contributed by atoms with E-state index >= 15 is 0 Å². The molecule has 1 saturated heterocycles. The number of hydrogen-bond acceptors (Lipinski definition) is 6. The molecule has 1 aromatic heterocycles. The Kier molecular flexibility index (Phi) is 3.84. The van der Waals surface area contributed by atoms with Gasteiger partial charge in [0.05, 0.1) is 6.54 Å². The molecule has 0 radical (unpaired) electrons. The summed E-state index contributed by atoms with van der Waals surface area (Å²) in [5, 5.41) is 2.70. The zero-order valence-electron chi connectivity index (χ0n) is 14.0. The monoisotopic (exact) mass is 353 g/mol. The van der Waals surface area contributed by atoms with Gasteiger partial charge in [-0.3, -0.25) is 4.79 Å². The molecule has 26 heavy (non-hydrogen) atoms. The highest BCUT2D eigenvalue weighted by Gasteiger charge is 2.29. The van der Waals surface area contributed by atoms with E-state index in [0.717, 1.165) is 21.1 Å². The molecular formula is C19H15NO6. The molecule has 1 fully saturated rings. The van der Waals surface area contributed by atoms with E-state index < -0.39 is 24.6 Å². The number of benzene rings is 2. The molecule has 0 bridgehead atoms. The average Bonchev–Trinajstić information content (AvgIpc) is 3.23. The van der Waals surface area contributed by atoms with Crippen molar-refractivity contribution in [2.75, 3.05) is 19.8 Å². The van der Waals surface area contributed by atoms with E-state index in [1.54, 1.807) is 6.92 Å². The average molecular weight is 353 g/mol. The van der Waals surface area contributed by atoms with Gasteiger partial charge in [-0.25, -0.2) is 14.5 Å². The molecule has 1 aliphatic heterocycles. The second-order valence-electron chi connectivity index (χ2n) is 5.96. The van der Waals surface area contributed by atoms with Gasteiger partial charge in [-0.15, -0.1) is 0 Å². The summed E-state index contributed by atoms with van der Waals surface area (Å²) >= 11 is 0. The molecule has 1 aliphatic rings. The molecule has 0 saturated carbocycles. The fraction of sp³-hybridized carbons (Fsp3) is 0.211. The molecule has 0 spiro atoms. The van der Waals surface area contributed by atoms with Crippen LogP contribution in [0.2, 0.25) is 0 Å². The van der Waals surface area contributed by atoms with Gasteiger partial charge in [0.2, 0.25) is 5.76 Å². The third-order valence-corrected chi connectivity index (χ3v) is 4.40. The van der Waals surface area contributed by atoms with Crippen molar-refractivity contribution in [3.63, 3.8) is 0 Å². The highest BCUT2D eigenvalue weighted by molar-refractivity contribution is 6.08. The van der Waals surface area contributed by atoms with Crippen LogP contribution in [-0.2, 0) is 14.3 Å². The summed E-state index contributed by atoms with van der Waals surface area (Å²) in [5.41, 5.74) is 1.24. The van der Waals surface area contributed by atoms with Crippen LogP contribution in [-0.4, -0.2) is 42.6 Å². The van der Waals surface area contributed by atoms with Gasteiger partial charge in [0.25, 0.3) is 5.91 Å². The maximum atomic E-state index is 12.4. The maximum absolute atomic E-state index is 12.4. The minimum atomic E-state index is -0.747. The van der Waals surface area contributed by atoms with Gasteiger partial charge in [0, 0.05) is 16.3 Å². The lowest BCUT2D eigenvalue weighted by molar-refractivity contribution is -0.131. The van der Waals surface area contributed by atoms with Crippen molar-refractivity contribution in [1.82, 2.24) is 4.90 Å². The molecule has 0 N–H and O–H groups in total. The Morgan fingerprint density at radius 2 is 1.96 bits per heavy atom. The number of ether oxygens (including phenoxy) is 2. The van der Waals surface area contributed by atoms with Crippen LogP contribution in [0.4, 0.5) is 4.79 Å². The zero-order valence-corrected chi connectivity index (χ0v) is 14.0. The zero-order chi connectivity index (χ0) is 18.3. The highest BCUT2D eigenvalue weighted by atomic mass is 16.6. The van der Waals surface area contributed by atoms with Gasteiger partial charge in [-0.1, -0.05) is 36.4 Å². The summed E-state index contributed by atoms with van der Waals surface area (Å²) in [5.74, 6) is -1.32. The third kappa shape index (κ3) is 2.57. The number of carbonyl (C=O) groups excluding carboxylic acids is 3. The lowest BCUT2D eigenvalue weighted by Gasteiger charge is -2.10. The second-order valence-corrected chi connectivity index (χ2v) is 5.96. The molecular weight excluding hydrogens is 338 g/mol. The summed E-state index contributed by atoms with van der Waals surface area (Å²) < 4.78 is 15.5. The molecule has 4 rings (SSSR count). The minimum absolute atomic E-state index is 0.0492. The van der Waals surface area contributed by atoms with Crippen LogP contribution in [0.25, 0.3) is 21.7 Å². The van der Waals surface area contributed by atoms with E-state index in [9.17, 15) is 14.4 Å². The Morgan fingerprint density at radius 3 is 2.73 bits per heavy atom. The number of furan rings is 1. The van der Waals surface area contributed by atoms with Crippen LogP contribution < -0.4 is 0 Å². The lowest BCUT2D eigenvalue weighted by Crippen LogP contribution is -2.35. The fourth-order valence-corrected chi connectivity index (χ4v) is 3.03. The van der Waals surface area contributed by atoms with Crippen LogP contribution in [0.15, 0.2) is 40.8 Å². The first-order valence-corrected chi connectivity index (χ1v) is 8.11. The number of rotatable bonds is 3. The fourth-order valence-electron chi connectivity index (χ4n) is 3.03. The minimum Gasteiger partial charge on any atom is -0.450 e. The second kappa shape index (κ2) is 6.18. The Bertz CT molecular complexity index is 1050. The van der Waals surface area contributed by atoms with Crippen molar-refractivity contribution in [2.24, 2.45) is 0 Å². The summed E-state index contributed by atoms with van der Waals surface area (Å²) in [6.07, 6.45) is -0.725. The van der Waals surface area contributed by atoms with Gasteiger partial charge in [-0.05, 0) is 12.3 Å². The molecule has 0 unspecified atom stereocenters. The molecule has 0 atom stereocenters. The molecule has 3 aromatic rings. The normalized spacial score (nSPS) is 14.0. The Hall–Kier alpha value is -3.35. The number of carbonyl (C=O) groups is 3. The van der Waals surface area contributed by atoms with Gasteiger partial charge < -0.3 is 13.9 Å². The molecule has 7 heteroatoms. The number of cyclic esters (lactones) is 1. The van der Waals surface area contributed by atoms with Crippen molar-refractivity contribution in [3.8, 4) is 0 Å². The van der Waals surface area contributed by atoms with E-state index in [4.69, 9.17) is 9.15 Å². The Morgan fingerprint density at radius 1 is 1.15 bits per heavy atom. The molecule has 132 valence electrons. The molecule has 2 aromatic carbocycles. The Labute approximate surface area is 148 Å². The van der Waals surface area contributed by atoms with Crippen LogP contribution in [0, 0.1) is 6.92 Å². The molecule has 2 amide bonds. The predicted molar refractivity (Wildman–Crippen MR) is 91.8 cm³/mol. The number of imide groups is 1. The smallest absolute Gasteiger partial charge is 0.416 e. The summed E-state index contributed by atoms with van der Waals surface area (Å²) in [7, 11) is 0. The summed E-state index contributed by atoms with van der Waals surface area (Å²) in [6.45, 7) is 1.52. The quantitative estimate of drug-likeness (QED) is 0.673. The largest absolute Gasteiger partial charge is 0.450 e. The van der Waals surface area contributed by atoms with Gasteiger partial charge in [0.1, 0.15) is 12.2 Å². The number of fused-ring (bicyclic) bond motifs is 3. The standard InChI is InChI=1S/C19H15NO6/c1-11-13-7-6-12-4-2-3-5-14(12)17(13)26-16(11)18(22)25-10-15(21)20-8-9-24-19(20)23/h2-7H,8-10H2,1H3. The number of nitrogens with zero attached hydrogens (tertiary/aromatic N) is 1. The summed E-state index contributed by atoms with van der Waals surface area (Å²) in [6, 6.07) is 11.5. The first-order chi connectivity index (χ1) is 12.6. The van der Waals surface area contributed by atoms with Crippen molar-refractivity contribution in [3.05, 3.63) is 47.7 Å². The number of hydrogen-bond donors (Lipinski definition) is 0. The predicted octanol–water partition coefficient (Wildman–Crippen LogP) is 3.03. The van der Waals surface area contributed by atoms with E-state index in [0.29, 0.717) is 11.1 Å². The van der Waals surface area contributed by atoms with Crippen molar-refractivity contribution in [2.45, 2.75) is 6.92 Å². The van der Waals surface area contributed by atoms with E-state index in [1.807, 2.05) is 36.4 Å². The van der Waals surface area contributed by atoms with Crippen LogP contribution >= 0.6 is 0 Å². The van der Waals surface area contributed by atoms with Crippen LogP contribution in [0.5, 0.6) is 0 Å². The maximum Gasteiger partial charge on any atom is 0.416 e. The van der Waals surface area contributed by atoms with Crippen LogP contribution in [0.3, 0.4) is 0 Å². The molecule has 7 nitrogen and oxygen atoms in total. The highest BCUT2D eigenvalue weighted by Crippen LogP contribution is 2.32. The number of aryl methyl sites for hydroxylation is 1. The summed E-state index contributed by atoms with van der Waals surface area (Å²) in [4.78, 5) is 36.6. The lowest BCUT2D eigenvalue weighted by atomic mass is 10.1. The van der Waals surface area contributed by atoms with E-state index in [-0.39, 0.29) is 18.9 Å². The molecule has 2 heterocycles. The number of amides is 2.